The Kier molecular flexibility index (Phi) is 4.20. The molecule has 1 aliphatic rings. The van der Waals surface area contributed by atoms with Crippen molar-refractivity contribution < 1.29 is 4.79 Å². The van der Waals surface area contributed by atoms with E-state index in [1.54, 1.807) is 0 Å². The van der Waals surface area contributed by atoms with Crippen molar-refractivity contribution in [2.24, 2.45) is 5.73 Å². The van der Waals surface area contributed by atoms with E-state index in [2.05, 4.69) is 0 Å². The van der Waals surface area contributed by atoms with Gasteiger partial charge in [-0.05, 0) is 37.0 Å². The summed E-state index contributed by atoms with van der Waals surface area (Å²) in [4.78, 5) is 14.2. The van der Waals surface area contributed by atoms with Gasteiger partial charge in [-0.2, -0.15) is 0 Å². The molecule has 1 atom stereocenters. The first-order valence-corrected chi connectivity index (χ1v) is 6.54. The Hall–Kier alpha value is -1.55. The van der Waals surface area contributed by atoms with Crippen LogP contribution in [-0.4, -0.2) is 29.9 Å². The minimum Gasteiger partial charge on any atom is -0.399 e. The first-order chi connectivity index (χ1) is 8.70. The molecule has 1 aromatic carbocycles. The summed E-state index contributed by atoms with van der Waals surface area (Å²) in [6.45, 7) is 1.41. The summed E-state index contributed by atoms with van der Waals surface area (Å²) in [5.41, 5.74) is 13.1. The number of carbonyl (C=O) groups excluding carboxylic acids is 1. The van der Waals surface area contributed by atoms with Crippen LogP contribution in [0.25, 0.3) is 0 Å². The predicted molar refractivity (Wildman–Crippen MR) is 73.0 cm³/mol. The molecule has 4 N–H and O–H groups in total. The minimum atomic E-state index is 0.176. The van der Waals surface area contributed by atoms with Crippen molar-refractivity contribution in [1.29, 1.82) is 0 Å². The number of hydrogen-bond donors (Lipinski definition) is 2. The number of nitrogen functional groups attached to an aromatic ring is 1. The van der Waals surface area contributed by atoms with Crippen LogP contribution < -0.4 is 11.5 Å². The number of carbonyl (C=O) groups is 1. The van der Waals surface area contributed by atoms with E-state index in [9.17, 15) is 4.79 Å². The van der Waals surface area contributed by atoms with Gasteiger partial charge in [-0.1, -0.05) is 12.1 Å². The fourth-order valence-corrected chi connectivity index (χ4v) is 2.49. The number of nitrogens with zero attached hydrogens (tertiary/aromatic N) is 1. The second kappa shape index (κ2) is 5.87. The van der Waals surface area contributed by atoms with Gasteiger partial charge >= 0.3 is 0 Å². The van der Waals surface area contributed by atoms with E-state index in [1.165, 1.54) is 6.42 Å². The van der Waals surface area contributed by atoms with Crippen LogP contribution in [0.2, 0.25) is 0 Å². The quantitative estimate of drug-likeness (QED) is 0.787. The second-order valence-corrected chi connectivity index (χ2v) is 4.89. The molecule has 0 spiro atoms. The van der Waals surface area contributed by atoms with Crippen molar-refractivity contribution in [3.8, 4) is 0 Å². The van der Waals surface area contributed by atoms with Crippen molar-refractivity contribution >= 4 is 11.6 Å². The lowest BCUT2D eigenvalue weighted by Gasteiger charge is -2.35. The Morgan fingerprint density at radius 2 is 2.00 bits per heavy atom. The van der Waals surface area contributed by atoms with Crippen LogP contribution in [0.15, 0.2) is 24.3 Å². The van der Waals surface area contributed by atoms with Crippen LogP contribution in [0.5, 0.6) is 0 Å². The van der Waals surface area contributed by atoms with Gasteiger partial charge in [-0.3, -0.25) is 4.79 Å². The van der Waals surface area contributed by atoms with Gasteiger partial charge in [0, 0.05) is 24.8 Å². The third-order valence-electron chi connectivity index (χ3n) is 3.55. The maximum Gasteiger partial charge on any atom is 0.227 e. The highest BCUT2D eigenvalue weighted by Crippen LogP contribution is 2.17. The summed E-state index contributed by atoms with van der Waals surface area (Å²) in [5, 5.41) is 0. The fraction of sp³-hybridized carbons (Fsp3) is 0.500. The van der Waals surface area contributed by atoms with Crippen molar-refractivity contribution in [1.82, 2.24) is 4.90 Å². The highest BCUT2D eigenvalue weighted by molar-refractivity contribution is 5.79. The summed E-state index contributed by atoms with van der Waals surface area (Å²) in [6, 6.07) is 7.71. The smallest absolute Gasteiger partial charge is 0.227 e. The van der Waals surface area contributed by atoms with Crippen LogP contribution in [0.3, 0.4) is 0 Å². The van der Waals surface area contributed by atoms with Crippen LogP contribution in [0.1, 0.15) is 24.8 Å². The van der Waals surface area contributed by atoms with Gasteiger partial charge in [0.1, 0.15) is 0 Å². The molecule has 4 nitrogen and oxygen atoms in total. The lowest BCUT2D eigenvalue weighted by Crippen LogP contribution is -2.48. The molecule has 0 aliphatic carbocycles. The second-order valence-electron chi connectivity index (χ2n) is 4.89. The number of anilines is 1. The van der Waals surface area contributed by atoms with Crippen molar-refractivity contribution in [2.75, 3.05) is 18.8 Å². The topological polar surface area (TPSA) is 72.3 Å². The summed E-state index contributed by atoms with van der Waals surface area (Å²) in [6.07, 6.45) is 3.73. The number of hydrogen-bond acceptors (Lipinski definition) is 3. The molecule has 2 rings (SSSR count). The van der Waals surface area contributed by atoms with E-state index in [0.717, 1.165) is 30.6 Å². The molecule has 1 amide bonds. The first kappa shape index (κ1) is 12.9. The Bertz CT molecular complexity index is 402. The van der Waals surface area contributed by atoms with Gasteiger partial charge in [0.2, 0.25) is 5.91 Å². The Labute approximate surface area is 108 Å². The molecule has 98 valence electrons. The van der Waals surface area contributed by atoms with E-state index in [4.69, 9.17) is 11.5 Å². The summed E-state index contributed by atoms with van der Waals surface area (Å²) in [5.74, 6) is 0.176. The summed E-state index contributed by atoms with van der Waals surface area (Å²) >= 11 is 0. The molecule has 0 saturated carbocycles. The SMILES string of the molecule is NCC1CCCCN1C(=O)Cc1ccc(N)cc1. The molecule has 1 unspecified atom stereocenters. The molecule has 1 aliphatic heterocycles. The zero-order chi connectivity index (χ0) is 13.0. The molecule has 0 radical (unpaired) electrons. The number of piperidine rings is 1. The zero-order valence-electron chi connectivity index (χ0n) is 10.6. The van der Waals surface area contributed by atoms with Crippen LogP contribution in [0.4, 0.5) is 5.69 Å². The predicted octanol–water partition coefficient (Wildman–Crippen LogP) is 1.15. The van der Waals surface area contributed by atoms with Gasteiger partial charge in [0.05, 0.1) is 6.42 Å². The van der Waals surface area contributed by atoms with E-state index >= 15 is 0 Å². The standard InChI is InChI=1S/C14H21N3O/c15-10-13-3-1-2-8-17(13)14(18)9-11-4-6-12(16)7-5-11/h4-7,13H,1-3,8-10,15-16H2. The van der Waals surface area contributed by atoms with Gasteiger partial charge < -0.3 is 16.4 Å². The van der Waals surface area contributed by atoms with Gasteiger partial charge in [-0.15, -0.1) is 0 Å². The van der Waals surface area contributed by atoms with Crippen LogP contribution in [-0.2, 0) is 11.2 Å². The molecule has 1 aromatic rings. The first-order valence-electron chi connectivity index (χ1n) is 6.54. The normalized spacial score (nSPS) is 19.8. The van der Waals surface area contributed by atoms with Crippen LogP contribution >= 0.6 is 0 Å². The highest BCUT2D eigenvalue weighted by Gasteiger charge is 2.25. The molecular weight excluding hydrogens is 226 g/mol. The molecule has 1 saturated heterocycles. The van der Waals surface area contributed by atoms with Crippen molar-refractivity contribution in [3.05, 3.63) is 29.8 Å². The average molecular weight is 247 g/mol. The number of benzene rings is 1. The third kappa shape index (κ3) is 3.01. The number of nitrogens with two attached hydrogens (primary N) is 2. The van der Waals surface area contributed by atoms with Gasteiger partial charge in [-0.25, -0.2) is 0 Å². The maximum absolute atomic E-state index is 12.3. The molecule has 1 fully saturated rings. The Morgan fingerprint density at radius 1 is 1.28 bits per heavy atom. The largest absolute Gasteiger partial charge is 0.399 e. The monoisotopic (exact) mass is 247 g/mol. The lowest BCUT2D eigenvalue weighted by atomic mass is 10.0. The molecular formula is C14H21N3O. The fourth-order valence-electron chi connectivity index (χ4n) is 2.49. The van der Waals surface area contributed by atoms with E-state index in [-0.39, 0.29) is 11.9 Å². The highest BCUT2D eigenvalue weighted by atomic mass is 16.2. The Balaban J connectivity index is 2.00. The van der Waals surface area contributed by atoms with Crippen LogP contribution in [0, 0.1) is 0 Å². The molecule has 1 heterocycles. The third-order valence-corrected chi connectivity index (χ3v) is 3.55. The summed E-state index contributed by atoms with van der Waals surface area (Å²) < 4.78 is 0. The molecule has 0 bridgehead atoms. The van der Waals surface area contributed by atoms with E-state index in [0.29, 0.717) is 13.0 Å². The van der Waals surface area contributed by atoms with Gasteiger partial charge in [0.15, 0.2) is 0 Å². The lowest BCUT2D eigenvalue weighted by molar-refractivity contribution is -0.133. The molecule has 0 aromatic heterocycles. The summed E-state index contributed by atoms with van der Waals surface area (Å²) in [7, 11) is 0. The maximum atomic E-state index is 12.3. The van der Waals surface area contributed by atoms with E-state index < -0.39 is 0 Å². The number of rotatable bonds is 3. The minimum absolute atomic E-state index is 0.176. The van der Waals surface area contributed by atoms with Crippen molar-refractivity contribution in [2.45, 2.75) is 31.7 Å². The number of likely N-dealkylation sites (tertiary alicyclic amines) is 1. The average Bonchev–Trinajstić information content (AvgIpc) is 2.41. The van der Waals surface area contributed by atoms with E-state index in [1.807, 2.05) is 29.2 Å². The van der Waals surface area contributed by atoms with Crippen molar-refractivity contribution in [3.63, 3.8) is 0 Å². The molecule has 4 heteroatoms. The molecule has 18 heavy (non-hydrogen) atoms. The van der Waals surface area contributed by atoms with Gasteiger partial charge in [0.25, 0.3) is 0 Å². The Morgan fingerprint density at radius 3 is 2.67 bits per heavy atom. The zero-order valence-corrected chi connectivity index (χ0v) is 10.6. The number of amides is 1.